The Morgan fingerprint density at radius 3 is 0.512 bits per heavy atom. The molecule has 82 heavy (non-hydrogen) atoms. The Bertz CT molecular complexity index is 3050. The third-order valence-corrected chi connectivity index (χ3v) is 46.5. The van der Waals surface area contributed by atoms with Crippen LogP contribution in [0.5, 0.6) is 0 Å². The van der Waals surface area contributed by atoms with Crippen LogP contribution in [-0.4, -0.2) is 48.4 Å². The van der Waals surface area contributed by atoms with Gasteiger partial charge in [0.05, 0.1) is 0 Å². The van der Waals surface area contributed by atoms with Crippen molar-refractivity contribution in [3.8, 4) is 68.8 Å². The smallest absolute Gasteiger partial charge is 0.127 e. The molecule has 5 rings (SSSR count). The summed E-state index contributed by atoms with van der Waals surface area (Å²) < 4.78 is 0. The lowest BCUT2D eigenvalue weighted by Gasteiger charge is -2.38. The Morgan fingerprint density at radius 2 is 0.378 bits per heavy atom. The van der Waals surface area contributed by atoms with Gasteiger partial charge in [0.2, 0.25) is 0 Å². The van der Waals surface area contributed by atoms with Crippen LogP contribution in [0.25, 0.3) is 43.1 Å². The minimum atomic E-state index is -2.09. The largest absolute Gasteiger partial charge is 0.146 e. The van der Waals surface area contributed by atoms with E-state index in [4.69, 9.17) is 0 Å². The van der Waals surface area contributed by atoms with Gasteiger partial charge in [-0.15, -0.1) is 33.3 Å². The molecule has 0 bridgehead atoms. The van der Waals surface area contributed by atoms with Crippen molar-refractivity contribution in [2.75, 3.05) is 0 Å². The number of benzene rings is 5. The van der Waals surface area contributed by atoms with E-state index in [9.17, 15) is 0 Å². The normalized spacial score (nSPS) is 13.0. The zero-order valence-corrected chi connectivity index (χ0v) is 63.5. The van der Waals surface area contributed by atoms with Crippen LogP contribution in [0.2, 0.25) is 106 Å². The summed E-state index contributed by atoms with van der Waals surface area (Å²) in [4.78, 5) is 0. The average molecular weight is 1190 g/mol. The van der Waals surface area contributed by atoms with Crippen LogP contribution in [-0.2, 0) is 0 Å². The molecule has 0 fully saturated rings. The summed E-state index contributed by atoms with van der Waals surface area (Å²) >= 11 is 0. The van der Waals surface area contributed by atoms with Gasteiger partial charge in [-0.2, -0.15) is 0 Å². The maximum atomic E-state index is 4.14. The lowest BCUT2D eigenvalue weighted by molar-refractivity contribution is 0.838. The molecular formula is C76H110Si6. The number of fused-ring (bicyclic) bond motifs is 4. The highest BCUT2D eigenvalue weighted by molar-refractivity contribution is 6.92. The van der Waals surface area contributed by atoms with Gasteiger partial charge >= 0.3 is 0 Å². The molecule has 0 aliphatic rings. The molecule has 0 N–H and O–H groups in total. The molecule has 0 heterocycles. The van der Waals surface area contributed by atoms with Gasteiger partial charge in [-0.3, -0.25) is 0 Å². The Balaban J connectivity index is 2.15. The van der Waals surface area contributed by atoms with Gasteiger partial charge in [0.1, 0.15) is 48.4 Å². The van der Waals surface area contributed by atoms with E-state index in [0.717, 1.165) is 54.9 Å². The van der Waals surface area contributed by atoms with Crippen LogP contribution in [0, 0.1) is 68.8 Å². The first-order chi connectivity index (χ1) is 37.8. The van der Waals surface area contributed by atoms with Crippen molar-refractivity contribution in [1.82, 2.24) is 0 Å². The molecule has 5 aromatic carbocycles. The molecule has 0 aliphatic carbocycles. The molecule has 5 aromatic rings. The number of rotatable bonds is 12. The fourth-order valence-corrected chi connectivity index (χ4v) is 37.3. The van der Waals surface area contributed by atoms with Gasteiger partial charge in [0.15, 0.2) is 0 Å². The molecule has 0 spiro atoms. The van der Waals surface area contributed by atoms with E-state index < -0.39 is 48.4 Å². The molecule has 0 radical (unpaired) electrons. The van der Waals surface area contributed by atoms with Crippen LogP contribution in [0.15, 0.2) is 48.5 Å². The second-order valence-electron chi connectivity index (χ2n) is 30.6. The van der Waals surface area contributed by atoms with E-state index >= 15 is 0 Å². The molecule has 0 nitrogen and oxygen atoms in total. The summed E-state index contributed by atoms with van der Waals surface area (Å²) in [6, 6.07) is 19.3. The van der Waals surface area contributed by atoms with Crippen molar-refractivity contribution in [3.63, 3.8) is 0 Å². The quantitative estimate of drug-likeness (QED) is 0.0663. The van der Waals surface area contributed by atoms with Crippen LogP contribution < -0.4 is 0 Å². The minimum absolute atomic E-state index is 0.522. The van der Waals surface area contributed by atoms with Crippen LogP contribution >= 0.6 is 0 Å². The second-order valence-corrected chi connectivity index (χ2v) is 62.4. The van der Waals surface area contributed by atoms with Gasteiger partial charge in [-0.1, -0.05) is 241 Å². The van der Waals surface area contributed by atoms with E-state index in [0.29, 0.717) is 66.5 Å². The number of hydrogen-bond acceptors (Lipinski definition) is 0. The summed E-state index contributed by atoms with van der Waals surface area (Å²) in [7, 11) is -12.1. The molecule has 0 saturated carbocycles. The number of hydrogen-bond donors (Lipinski definition) is 0. The Kier molecular flexibility index (Phi) is 21.9. The molecule has 0 unspecified atom stereocenters. The minimum Gasteiger partial charge on any atom is -0.127 e. The first kappa shape index (κ1) is 68.6. The predicted molar refractivity (Wildman–Crippen MR) is 389 cm³/mol. The third-order valence-electron chi connectivity index (χ3n) is 19.5. The van der Waals surface area contributed by atoms with E-state index in [2.05, 4.69) is 323 Å². The maximum absolute atomic E-state index is 4.14. The topological polar surface area (TPSA) is 0 Å². The SMILES string of the molecule is CC(C)[Si](C#Cc1cc2cc3c(C#C[Si](C)(C)C)c4cc5cc(C#C[Si](C(C)C)(C(C)C)C(C)C)c(C#C[Si](C(C)C)(C(C)C)C(C)C)cc5cc4c(C#C[Si](C)(C)C)c3cc2cc1C#C[Si](C(C)C)(C(C)C)C(C)C)(C(C)C)C(C)C. The lowest BCUT2D eigenvalue weighted by atomic mass is 9.87. The molecule has 0 atom stereocenters. The van der Waals surface area contributed by atoms with E-state index in [1.807, 2.05) is 0 Å². The molecule has 0 aliphatic heterocycles. The Hall–Kier alpha value is -4.20. The van der Waals surface area contributed by atoms with Gasteiger partial charge < -0.3 is 0 Å². The Labute approximate surface area is 510 Å². The highest BCUT2D eigenvalue weighted by Gasteiger charge is 2.45. The summed E-state index contributed by atoms with van der Waals surface area (Å²) in [6.45, 7) is 72.2. The third kappa shape index (κ3) is 13.7. The van der Waals surface area contributed by atoms with Crippen LogP contribution in [0.1, 0.15) is 200 Å². The van der Waals surface area contributed by atoms with Crippen LogP contribution in [0.3, 0.4) is 0 Å². The summed E-state index contributed by atoms with van der Waals surface area (Å²) in [5.74, 6) is 23.8. The van der Waals surface area contributed by atoms with Crippen molar-refractivity contribution < 1.29 is 0 Å². The first-order valence-electron chi connectivity index (χ1n) is 31.9. The highest BCUT2D eigenvalue weighted by atomic mass is 28.3. The summed E-state index contributed by atoms with van der Waals surface area (Å²) in [5.41, 5.74) is 37.0. The van der Waals surface area contributed by atoms with Crippen molar-refractivity contribution in [2.45, 2.75) is 272 Å². The molecule has 0 saturated heterocycles. The molecule has 0 aromatic heterocycles. The Morgan fingerprint density at radius 1 is 0.220 bits per heavy atom. The average Bonchev–Trinajstić information content (AvgIpc) is 3.31. The van der Waals surface area contributed by atoms with E-state index in [1.165, 1.54) is 21.5 Å². The van der Waals surface area contributed by atoms with Gasteiger partial charge in [-0.25, -0.2) is 0 Å². The maximum Gasteiger partial charge on any atom is 0.146 e. The van der Waals surface area contributed by atoms with Crippen molar-refractivity contribution in [3.05, 3.63) is 81.9 Å². The molecule has 6 heteroatoms. The summed E-state index contributed by atoms with van der Waals surface area (Å²) in [5, 5.41) is 9.32. The standard InChI is InChI=1S/C76H110Si6/c1-51(2)79(52(3)4,53(5)6)39-31-63-43-67-47-73-71(35-37-77(25,26)27)75-49-69-45-65(33-41-81(57(13)14,58(15)16)59(17)18)66(34-42-82(60(19)20,61(21)22)62(23)24)46-70(69)50-76(75)72(36-38-78(28,29)30)74(73)48-68(67)44-64(63)32-40-80(54(7)8,55(9)10)56(11)12/h43-62H,1-30H3. The van der Waals surface area contributed by atoms with E-state index in [-0.39, 0.29) is 0 Å². The van der Waals surface area contributed by atoms with Crippen LogP contribution in [0.4, 0.5) is 0 Å². The van der Waals surface area contributed by atoms with Gasteiger partial charge in [0.25, 0.3) is 0 Å². The van der Waals surface area contributed by atoms with E-state index in [1.54, 1.807) is 0 Å². The zero-order valence-electron chi connectivity index (χ0n) is 57.5. The predicted octanol–water partition coefficient (Wildman–Crippen LogP) is 23.0. The summed E-state index contributed by atoms with van der Waals surface area (Å²) in [6.07, 6.45) is 0. The lowest BCUT2D eigenvalue weighted by Crippen LogP contribution is -2.43. The first-order valence-corrected chi connectivity index (χ1v) is 47.9. The fraction of sp³-hybridized carbons (Fsp3) is 0.553. The molecule has 0 amide bonds. The fourth-order valence-electron chi connectivity index (χ4n) is 15.4. The zero-order chi connectivity index (χ0) is 62.2. The molecule has 438 valence electrons. The van der Waals surface area contributed by atoms with Crippen molar-refractivity contribution in [2.24, 2.45) is 0 Å². The van der Waals surface area contributed by atoms with Gasteiger partial charge in [-0.05, 0) is 158 Å². The van der Waals surface area contributed by atoms with Gasteiger partial charge in [0, 0.05) is 33.4 Å². The monoisotopic (exact) mass is 1190 g/mol. The highest BCUT2D eigenvalue weighted by Crippen LogP contribution is 2.46. The van der Waals surface area contributed by atoms with Crippen molar-refractivity contribution >= 4 is 91.5 Å². The molecular weight excluding hydrogens is 1080 g/mol. The second kappa shape index (κ2) is 26.2. The van der Waals surface area contributed by atoms with Crippen molar-refractivity contribution in [1.29, 1.82) is 0 Å².